The van der Waals surface area contributed by atoms with Gasteiger partial charge in [-0.05, 0) is 48.9 Å². The van der Waals surface area contributed by atoms with E-state index in [9.17, 15) is 35.9 Å². The summed E-state index contributed by atoms with van der Waals surface area (Å²) in [5.74, 6) is -0.957. The number of hydrogen-bond acceptors (Lipinski definition) is 3. The Bertz CT molecular complexity index is 1010. The zero-order valence-corrected chi connectivity index (χ0v) is 19.0. The van der Waals surface area contributed by atoms with Crippen LogP contribution >= 0.6 is 0 Å². The number of unbranched alkanes of at least 4 members (excludes halogenated alkanes) is 1. The SMILES string of the molecule is CCCCC(=O)N1CCN(c2ccc(NC(=O)c3cc(C(F)(F)F)cc(C(F)(F)F)c3)cc2)CC1. The molecule has 1 aliphatic heterocycles. The van der Waals surface area contributed by atoms with E-state index in [1.807, 2.05) is 11.8 Å². The molecule has 0 aliphatic carbocycles. The quantitative estimate of drug-likeness (QED) is 0.508. The van der Waals surface area contributed by atoms with Gasteiger partial charge in [0.25, 0.3) is 5.91 Å². The van der Waals surface area contributed by atoms with E-state index in [0.29, 0.717) is 44.7 Å². The highest BCUT2D eigenvalue weighted by atomic mass is 19.4. The van der Waals surface area contributed by atoms with Crippen LogP contribution in [0.1, 0.15) is 47.7 Å². The summed E-state index contributed by atoms with van der Waals surface area (Å²) < 4.78 is 78.3. The minimum absolute atomic E-state index is 0.0251. The second kappa shape index (κ2) is 10.6. The van der Waals surface area contributed by atoms with Gasteiger partial charge in [-0.25, -0.2) is 0 Å². The summed E-state index contributed by atoms with van der Waals surface area (Å²) in [5, 5.41) is 2.34. The Labute approximate surface area is 198 Å². The molecule has 0 saturated carbocycles. The van der Waals surface area contributed by atoms with Gasteiger partial charge < -0.3 is 15.1 Å². The van der Waals surface area contributed by atoms with Crippen molar-refractivity contribution in [2.24, 2.45) is 0 Å². The molecule has 1 saturated heterocycles. The van der Waals surface area contributed by atoms with Crippen molar-refractivity contribution < 1.29 is 35.9 Å². The molecular weight excluding hydrogens is 476 g/mol. The predicted octanol–water partition coefficient (Wildman–Crippen LogP) is 5.82. The van der Waals surface area contributed by atoms with Crippen LogP contribution in [0.5, 0.6) is 0 Å². The summed E-state index contributed by atoms with van der Waals surface area (Å²) in [6.07, 6.45) is -7.75. The molecule has 0 unspecified atom stereocenters. The van der Waals surface area contributed by atoms with Crippen LogP contribution < -0.4 is 10.2 Å². The Morgan fingerprint density at radius 3 is 1.89 bits per heavy atom. The van der Waals surface area contributed by atoms with E-state index < -0.39 is 35.0 Å². The van der Waals surface area contributed by atoms with Gasteiger partial charge in [0.1, 0.15) is 0 Å². The van der Waals surface area contributed by atoms with Crippen LogP contribution in [0.4, 0.5) is 37.7 Å². The molecule has 1 aliphatic rings. The maximum absolute atomic E-state index is 13.0. The molecule has 5 nitrogen and oxygen atoms in total. The third-order valence-electron chi connectivity index (χ3n) is 5.72. The van der Waals surface area contributed by atoms with Crippen LogP contribution in [0.25, 0.3) is 0 Å². The Morgan fingerprint density at radius 1 is 0.857 bits per heavy atom. The molecule has 2 aromatic rings. The van der Waals surface area contributed by atoms with Crippen LogP contribution in [0, 0.1) is 0 Å². The highest BCUT2D eigenvalue weighted by Gasteiger charge is 2.37. The fraction of sp³-hybridized carbons (Fsp3) is 0.417. The number of halogens is 6. The van der Waals surface area contributed by atoms with E-state index in [-0.39, 0.29) is 17.7 Å². The summed E-state index contributed by atoms with van der Waals surface area (Å²) in [4.78, 5) is 28.5. The number of rotatable bonds is 6. The van der Waals surface area contributed by atoms with Crippen molar-refractivity contribution in [1.29, 1.82) is 0 Å². The van der Waals surface area contributed by atoms with Crippen molar-refractivity contribution in [2.45, 2.75) is 38.5 Å². The van der Waals surface area contributed by atoms with Gasteiger partial charge in [-0.2, -0.15) is 26.3 Å². The molecule has 0 bridgehead atoms. The average molecular weight is 501 g/mol. The summed E-state index contributed by atoms with van der Waals surface area (Å²) in [6.45, 7) is 4.43. The number of hydrogen-bond donors (Lipinski definition) is 1. The van der Waals surface area contributed by atoms with E-state index in [4.69, 9.17) is 0 Å². The lowest BCUT2D eigenvalue weighted by Gasteiger charge is -2.36. The van der Waals surface area contributed by atoms with Gasteiger partial charge in [0.15, 0.2) is 0 Å². The molecule has 0 spiro atoms. The molecule has 1 heterocycles. The molecule has 11 heteroatoms. The summed E-state index contributed by atoms with van der Waals surface area (Å²) in [7, 11) is 0. The predicted molar refractivity (Wildman–Crippen MR) is 119 cm³/mol. The number of carbonyl (C=O) groups excluding carboxylic acids is 2. The van der Waals surface area contributed by atoms with Gasteiger partial charge in [-0.15, -0.1) is 0 Å². The van der Waals surface area contributed by atoms with Crippen molar-refractivity contribution in [2.75, 3.05) is 36.4 Å². The maximum atomic E-state index is 13.0. The van der Waals surface area contributed by atoms with Gasteiger partial charge in [0.05, 0.1) is 11.1 Å². The number of piperazine rings is 1. The van der Waals surface area contributed by atoms with E-state index in [1.165, 1.54) is 12.1 Å². The minimum Gasteiger partial charge on any atom is -0.368 e. The molecular formula is C24H25F6N3O2. The second-order valence-electron chi connectivity index (χ2n) is 8.27. The van der Waals surface area contributed by atoms with Crippen LogP contribution in [-0.2, 0) is 17.1 Å². The molecule has 3 rings (SSSR count). The second-order valence-corrected chi connectivity index (χ2v) is 8.27. The normalized spacial score (nSPS) is 14.7. The third kappa shape index (κ3) is 6.89. The van der Waals surface area contributed by atoms with Crippen LogP contribution in [0.15, 0.2) is 42.5 Å². The molecule has 1 N–H and O–H groups in total. The first kappa shape index (κ1) is 26.4. The Morgan fingerprint density at radius 2 is 1.40 bits per heavy atom. The Balaban J connectivity index is 1.66. The zero-order chi connectivity index (χ0) is 25.8. The fourth-order valence-electron chi connectivity index (χ4n) is 3.75. The average Bonchev–Trinajstić information content (AvgIpc) is 2.81. The van der Waals surface area contributed by atoms with Crippen molar-refractivity contribution in [3.05, 3.63) is 59.2 Å². The highest BCUT2D eigenvalue weighted by Crippen LogP contribution is 2.36. The largest absolute Gasteiger partial charge is 0.416 e. The van der Waals surface area contributed by atoms with Crippen LogP contribution in [-0.4, -0.2) is 42.9 Å². The lowest BCUT2D eigenvalue weighted by atomic mass is 10.0. The van der Waals surface area contributed by atoms with Crippen molar-refractivity contribution in [1.82, 2.24) is 4.90 Å². The molecule has 190 valence electrons. The zero-order valence-electron chi connectivity index (χ0n) is 19.0. The minimum atomic E-state index is -5.04. The number of anilines is 2. The number of carbonyl (C=O) groups is 2. The van der Waals surface area contributed by atoms with Crippen LogP contribution in [0.2, 0.25) is 0 Å². The van der Waals surface area contributed by atoms with Crippen molar-refractivity contribution in [3.8, 4) is 0 Å². The van der Waals surface area contributed by atoms with E-state index in [2.05, 4.69) is 10.2 Å². The number of nitrogens with one attached hydrogen (secondary N) is 1. The van der Waals surface area contributed by atoms with Crippen molar-refractivity contribution >= 4 is 23.2 Å². The van der Waals surface area contributed by atoms with Gasteiger partial charge >= 0.3 is 12.4 Å². The van der Waals surface area contributed by atoms with Crippen molar-refractivity contribution in [3.63, 3.8) is 0 Å². The first-order valence-corrected chi connectivity index (χ1v) is 11.1. The Hall–Kier alpha value is -3.24. The maximum Gasteiger partial charge on any atom is 0.416 e. The topological polar surface area (TPSA) is 52.7 Å². The van der Waals surface area contributed by atoms with Crippen LogP contribution in [0.3, 0.4) is 0 Å². The molecule has 1 fully saturated rings. The summed E-state index contributed by atoms with van der Waals surface area (Å²) in [6, 6.07) is 7.17. The van der Waals surface area contributed by atoms with Gasteiger partial charge in [0, 0.05) is 49.5 Å². The van der Waals surface area contributed by atoms with Gasteiger partial charge in [-0.3, -0.25) is 9.59 Å². The van der Waals surface area contributed by atoms with E-state index in [0.717, 1.165) is 18.5 Å². The third-order valence-corrected chi connectivity index (χ3v) is 5.72. The molecule has 0 atom stereocenters. The van der Waals surface area contributed by atoms with Gasteiger partial charge in [0.2, 0.25) is 5.91 Å². The Kier molecular flexibility index (Phi) is 7.97. The smallest absolute Gasteiger partial charge is 0.368 e. The molecule has 2 aromatic carbocycles. The molecule has 0 radical (unpaired) electrons. The number of nitrogens with zero attached hydrogens (tertiary/aromatic N) is 2. The first-order valence-electron chi connectivity index (χ1n) is 11.1. The number of amides is 2. The summed E-state index contributed by atoms with van der Waals surface area (Å²) in [5.41, 5.74) is -2.82. The van der Waals surface area contributed by atoms with E-state index in [1.54, 1.807) is 12.1 Å². The molecule has 0 aromatic heterocycles. The highest BCUT2D eigenvalue weighted by molar-refractivity contribution is 6.04. The first-order chi connectivity index (χ1) is 16.4. The summed E-state index contributed by atoms with van der Waals surface area (Å²) >= 11 is 0. The standard InChI is InChI=1S/C24H25F6N3O2/c1-2-3-4-21(34)33-11-9-32(10-12-33)20-7-5-19(6-8-20)31-22(35)16-13-17(23(25,26)27)15-18(14-16)24(28,29)30/h5-8,13-15H,2-4,9-12H2,1H3,(H,31,35). The molecule has 35 heavy (non-hydrogen) atoms. The fourth-order valence-corrected chi connectivity index (χ4v) is 3.75. The van der Waals surface area contributed by atoms with E-state index >= 15 is 0 Å². The number of benzene rings is 2. The lowest BCUT2D eigenvalue weighted by Crippen LogP contribution is -2.48. The number of alkyl halides is 6. The lowest BCUT2D eigenvalue weighted by molar-refractivity contribution is -0.143. The van der Waals surface area contributed by atoms with Gasteiger partial charge in [-0.1, -0.05) is 13.3 Å². The molecule has 2 amide bonds. The monoisotopic (exact) mass is 501 g/mol.